The fourth-order valence-electron chi connectivity index (χ4n) is 3.54. The van der Waals surface area contributed by atoms with E-state index < -0.39 is 45.7 Å². The Kier molecular flexibility index (Phi) is 6.28. The number of para-hydroxylation sites is 1. The number of nitrogens with one attached hydrogen (secondary N) is 1. The Morgan fingerprint density at radius 3 is 2.45 bits per heavy atom. The van der Waals surface area contributed by atoms with Crippen molar-refractivity contribution in [2.75, 3.05) is 22.8 Å². The molecule has 0 atom stereocenters. The molecule has 0 aromatic heterocycles. The topological polar surface area (TPSA) is 75.7 Å². The quantitative estimate of drug-likeness (QED) is 0.540. The van der Waals surface area contributed by atoms with Gasteiger partial charge in [0.2, 0.25) is 0 Å². The van der Waals surface area contributed by atoms with Crippen molar-refractivity contribution in [3.63, 3.8) is 0 Å². The Bertz CT molecular complexity index is 1300. The number of nitrogens with zero attached hydrogens (tertiary/aromatic N) is 1. The average Bonchev–Trinajstić information content (AvgIpc) is 2.83. The van der Waals surface area contributed by atoms with Crippen molar-refractivity contribution in [2.45, 2.75) is 17.7 Å². The average molecular weight is 476 g/mol. The number of benzene rings is 3. The number of carbonyl (C=O) groups is 1. The Hall–Kier alpha value is -3.53. The highest BCUT2D eigenvalue weighted by atomic mass is 32.2. The lowest BCUT2D eigenvalue weighted by Crippen LogP contribution is -2.35. The van der Waals surface area contributed by atoms with E-state index in [0.717, 1.165) is 18.1 Å². The van der Waals surface area contributed by atoms with Crippen LogP contribution in [0.5, 0.6) is 5.75 Å². The molecule has 0 saturated heterocycles. The van der Waals surface area contributed by atoms with Crippen molar-refractivity contribution >= 4 is 27.3 Å². The van der Waals surface area contributed by atoms with Crippen molar-refractivity contribution < 1.29 is 31.1 Å². The molecule has 4 rings (SSSR count). The van der Waals surface area contributed by atoms with Crippen LogP contribution in [-0.2, 0) is 21.2 Å². The van der Waals surface area contributed by atoms with E-state index >= 15 is 0 Å². The lowest BCUT2D eigenvalue weighted by atomic mass is 10.0. The summed E-state index contributed by atoms with van der Waals surface area (Å²) in [4.78, 5) is 12.0. The summed E-state index contributed by atoms with van der Waals surface area (Å²) in [5.74, 6) is -5.18. The van der Waals surface area contributed by atoms with Crippen LogP contribution in [-0.4, -0.2) is 27.5 Å². The molecule has 0 fully saturated rings. The predicted octanol–water partition coefficient (Wildman–Crippen LogP) is 4.26. The largest absolute Gasteiger partial charge is 0.484 e. The molecular formula is C23H19F3N2O4S. The molecule has 10 heteroatoms. The molecule has 0 radical (unpaired) electrons. The third-order valence-electron chi connectivity index (χ3n) is 5.16. The van der Waals surface area contributed by atoms with Crippen LogP contribution < -0.4 is 14.4 Å². The highest BCUT2D eigenvalue weighted by molar-refractivity contribution is 7.92. The molecule has 0 saturated carbocycles. The number of aryl methyl sites for hydroxylation is 1. The third-order valence-corrected chi connectivity index (χ3v) is 6.99. The number of fused-ring (bicyclic) bond motifs is 1. The van der Waals surface area contributed by atoms with Crippen LogP contribution in [0.3, 0.4) is 0 Å². The molecule has 3 aromatic carbocycles. The van der Waals surface area contributed by atoms with Gasteiger partial charge < -0.3 is 10.1 Å². The molecule has 33 heavy (non-hydrogen) atoms. The summed E-state index contributed by atoms with van der Waals surface area (Å²) in [6.45, 7) is -0.178. The van der Waals surface area contributed by atoms with Crippen LogP contribution in [0.2, 0.25) is 0 Å². The smallest absolute Gasteiger partial charge is 0.264 e. The fraction of sp³-hybridized carbons (Fsp3) is 0.174. The van der Waals surface area contributed by atoms with Gasteiger partial charge in [-0.25, -0.2) is 21.6 Å². The van der Waals surface area contributed by atoms with E-state index in [4.69, 9.17) is 4.74 Å². The molecule has 0 bridgehead atoms. The van der Waals surface area contributed by atoms with E-state index in [2.05, 4.69) is 5.32 Å². The summed E-state index contributed by atoms with van der Waals surface area (Å²) in [5.41, 5.74) is 1.10. The van der Waals surface area contributed by atoms with Gasteiger partial charge in [-0.3, -0.25) is 9.10 Å². The van der Waals surface area contributed by atoms with E-state index in [9.17, 15) is 26.4 Å². The molecule has 0 spiro atoms. The number of carbonyl (C=O) groups excluding carboxylic acids is 1. The first kappa shape index (κ1) is 22.7. The van der Waals surface area contributed by atoms with E-state index in [1.807, 2.05) is 12.1 Å². The Balaban J connectivity index is 1.42. The standard InChI is InChI=1S/C23H19F3N2O4S/c24-18-11-12-19(23(26)22(18)25)27-21(29)14-32-16-7-9-17(10-8-16)33(30,31)28-13-3-5-15-4-1-2-6-20(15)28/h1-2,4,6-12H,3,5,13-14H2,(H,27,29). The lowest BCUT2D eigenvalue weighted by molar-refractivity contribution is -0.118. The third kappa shape index (κ3) is 4.65. The van der Waals surface area contributed by atoms with Gasteiger partial charge in [-0.1, -0.05) is 18.2 Å². The van der Waals surface area contributed by atoms with Crippen LogP contribution in [0.4, 0.5) is 24.5 Å². The van der Waals surface area contributed by atoms with Gasteiger partial charge in [-0.05, 0) is 60.9 Å². The molecule has 1 aliphatic rings. The van der Waals surface area contributed by atoms with Gasteiger partial charge in [0.25, 0.3) is 15.9 Å². The molecule has 0 unspecified atom stereocenters. The van der Waals surface area contributed by atoms with Gasteiger partial charge in [-0.15, -0.1) is 0 Å². The number of amides is 1. The maximum Gasteiger partial charge on any atom is 0.264 e. The Morgan fingerprint density at radius 1 is 0.970 bits per heavy atom. The minimum Gasteiger partial charge on any atom is -0.484 e. The van der Waals surface area contributed by atoms with Gasteiger partial charge >= 0.3 is 0 Å². The zero-order valence-corrected chi connectivity index (χ0v) is 18.0. The molecule has 1 heterocycles. The Labute approximate surface area is 188 Å². The zero-order chi connectivity index (χ0) is 23.6. The first-order valence-corrected chi connectivity index (χ1v) is 11.5. The molecule has 1 aliphatic heterocycles. The summed E-state index contributed by atoms with van der Waals surface area (Å²) in [6, 6.07) is 14.5. The summed E-state index contributed by atoms with van der Waals surface area (Å²) >= 11 is 0. The molecule has 172 valence electrons. The van der Waals surface area contributed by atoms with Crippen LogP contribution in [0.1, 0.15) is 12.0 Å². The van der Waals surface area contributed by atoms with Crippen molar-refractivity contribution in [3.05, 3.63) is 83.7 Å². The van der Waals surface area contributed by atoms with Gasteiger partial charge in [0.05, 0.1) is 16.3 Å². The van der Waals surface area contributed by atoms with Crippen molar-refractivity contribution in [1.82, 2.24) is 0 Å². The Morgan fingerprint density at radius 2 is 1.70 bits per heavy atom. The summed E-state index contributed by atoms with van der Waals surface area (Å²) < 4.78 is 72.8. The van der Waals surface area contributed by atoms with Gasteiger partial charge in [0, 0.05) is 6.54 Å². The number of anilines is 2. The molecule has 0 aliphatic carbocycles. The first-order chi connectivity index (χ1) is 15.8. The minimum absolute atomic E-state index is 0.0693. The monoisotopic (exact) mass is 476 g/mol. The van der Waals surface area contributed by atoms with E-state index in [-0.39, 0.29) is 10.6 Å². The van der Waals surface area contributed by atoms with Crippen molar-refractivity contribution in [2.24, 2.45) is 0 Å². The second-order valence-electron chi connectivity index (χ2n) is 7.34. The second-order valence-corrected chi connectivity index (χ2v) is 9.20. The lowest BCUT2D eigenvalue weighted by Gasteiger charge is -2.30. The number of hydrogen-bond acceptors (Lipinski definition) is 4. The maximum absolute atomic E-state index is 13.7. The maximum atomic E-state index is 13.7. The number of halogens is 3. The summed E-state index contributed by atoms with van der Waals surface area (Å²) in [5, 5.41) is 2.09. The zero-order valence-electron chi connectivity index (χ0n) is 17.2. The van der Waals surface area contributed by atoms with Crippen LogP contribution in [0.15, 0.2) is 65.6 Å². The van der Waals surface area contributed by atoms with Gasteiger partial charge in [0.15, 0.2) is 24.1 Å². The molecule has 3 aromatic rings. The van der Waals surface area contributed by atoms with Crippen molar-refractivity contribution in [3.8, 4) is 5.75 Å². The fourth-order valence-corrected chi connectivity index (χ4v) is 5.08. The molecule has 6 nitrogen and oxygen atoms in total. The molecule has 1 N–H and O–H groups in total. The van der Waals surface area contributed by atoms with E-state index in [1.165, 1.54) is 28.6 Å². The van der Waals surface area contributed by atoms with Gasteiger partial charge in [-0.2, -0.15) is 0 Å². The summed E-state index contributed by atoms with van der Waals surface area (Å²) in [7, 11) is -3.79. The number of hydrogen-bond donors (Lipinski definition) is 1. The van der Waals surface area contributed by atoms with Crippen LogP contribution >= 0.6 is 0 Å². The number of rotatable bonds is 6. The first-order valence-electron chi connectivity index (χ1n) is 10.0. The highest BCUT2D eigenvalue weighted by Gasteiger charge is 2.28. The summed E-state index contributed by atoms with van der Waals surface area (Å²) in [6.07, 6.45) is 1.52. The second kappa shape index (κ2) is 9.14. The van der Waals surface area contributed by atoms with Crippen LogP contribution in [0, 0.1) is 17.5 Å². The molecule has 1 amide bonds. The normalized spacial score (nSPS) is 13.4. The van der Waals surface area contributed by atoms with Crippen molar-refractivity contribution in [1.29, 1.82) is 0 Å². The number of ether oxygens (including phenoxy) is 1. The predicted molar refractivity (Wildman–Crippen MR) is 116 cm³/mol. The van der Waals surface area contributed by atoms with Gasteiger partial charge in [0.1, 0.15) is 5.75 Å². The van der Waals surface area contributed by atoms with Crippen LogP contribution in [0.25, 0.3) is 0 Å². The number of sulfonamides is 1. The minimum atomic E-state index is -3.79. The molecular weight excluding hydrogens is 457 g/mol. The van der Waals surface area contributed by atoms with E-state index in [0.29, 0.717) is 24.7 Å². The highest BCUT2D eigenvalue weighted by Crippen LogP contribution is 2.32. The van der Waals surface area contributed by atoms with E-state index in [1.54, 1.807) is 12.1 Å². The SMILES string of the molecule is O=C(COc1ccc(S(=O)(=O)N2CCCc3ccccc32)cc1)Nc1ccc(F)c(F)c1F.